The normalized spacial score (nSPS) is 12.0. The number of nitrogens with zero attached hydrogens (tertiary/aromatic N) is 1. The Kier molecular flexibility index (Phi) is 5.36. The van der Waals surface area contributed by atoms with Gasteiger partial charge < -0.3 is 5.73 Å². The number of sulfonamides is 1. The number of benzene rings is 2. The van der Waals surface area contributed by atoms with Gasteiger partial charge in [-0.25, -0.2) is 8.42 Å². The fourth-order valence-electron chi connectivity index (χ4n) is 2.14. The molecule has 0 atom stereocenters. The van der Waals surface area contributed by atoms with Crippen molar-refractivity contribution in [2.45, 2.75) is 17.5 Å². The Morgan fingerprint density at radius 2 is 1.56 bits per heavy atom. The molecule has 0 heterocycles. The van der Waals surface area contributed by atoms with Gasteiger partial charge in [-0.2, -0.15) is 13.2 Å². The quantitative estimate of drug-likeness (QED) is 0.847. The van der Waals surface area contributed by atoms with E-state index < -0.39 is 27.7 Å². The van der Waals surface area contributed by atoms with Crippen molar-refractivity contribution < 1.29 is 26.4 Å². The number of primary amides is 1. The fourth-order valence-corrected chi connectivity index (χ4v) is 3.60. The zero-order valence-corrected chi connectivity index (χ0v) is 13.7. The third-order valence-electron chi connectivity index (χ3n) is 3.38. The molecule has 1 amide bonds. The molecular weight excluding hydrogens is 357 g/mol. The molecule has 0 aliphatic heterocycles. The van der Waals surface area contributed by atoms with Gasteiger partial charge in [0.05, 0.1) is 16.1 Å². The molecule has 0 aliphatic rings. The lowest BCUT2D eigenvalue weighted by Gasteiger charge is -2.24. The molecule has 0 radical (unpaired) electrons. The average molecular weight is 372 g/mol. The van der Waals surface area contributed by atoms with E-state index in [1.165, 1.54) is 12.1 Å². The van der Waals surface area contributed by atoms with Crippen LogP contribution in [-0.2, 0) is 21.0 Å². The molecule has 0 spiro atoms. The number of halogens is 3. The van der Waals surface area contributed by atoms with E-state index in [0.29, 0.717) is 12.1 Å². The molecule has 0 saturated heterocycles. The van der Waals surface area contributed by atoms with E-state index in [2.05, 4.69) is 0 Å². The third-order valence-corrected chi connectivity index (χ3v) is 5.22. The van der Waals surface area contributed by atoms with Crippen molar-refractivity contribution in [2.24, 2.45) is 5.73 Å². The van der Waals surface area contributed by atoms with Crippen LogP contribution in [0.2, 0.25) is 0 Å². The van der Waals surface area contributed by atoms with Gasteiger partial charge >= 0.3 is 6.18 Å². The van der Waals surface area contributed by atoms with Crippen LogP contribution in [0.1, 0.15) is 12.0 Å². The van der Waals surface area contributed by atoms with Gasteiger partial charge in [-0.05, 0) is 36.4 Å². The number of para-hydroxylation sites is 1. The molecule has 134 valence electrons. The Bertz CT molecular complexity index is 835. The summed E-state index contributed by atoms with van der Waals surface area (Å²) < 4.78 is 64.5. The van der Waals surface area contributed by atoms with Crippen molar-refractivity contribution in [3.05, 3.63) is 60.2 Å². The Morgan fingerprint density at radius 1 is 1.00 bits per heavy atom. The summed E-state index contributed by atoms with van der Waals surface area (Å²) in [6.07, 6.45) is -4.79. The molecular formula is C16H15F3N2O3S. The Balaban J connectivity index is 2.42. The highest BCUT2D eigenvalue weighted by atomic mass is 32.2. The molecule has 5 nitrogen and oxygen atoms in total. The minimum Gasteiger partial charge on any atom is -0.370 e. The summed E-state index contributed by atoms with van der Waals surface area (Å²) in [5.41, 5.74) is 4.42. The second-order valence-corrected chi connectivity index (χ2v) is 7.01. The highest BCUT2D eigenvalue weighted by molar-refractivity contribution is 7.92. The molecule has 0 saturated carbocycles. The van der Waals surface area contributed by atoms with Gasteiger partial charge in [-0.1, -0.05) is 18.2 Å². The predicted octanol–water partition coefficient (Wildman–Crippen LogP) is 2.78. The van der Waals surface area contributed by atoms with Crippen LogP contribution in [0.3, 0.4) is 0 Å². The van der Waals surface area contributed by atoms with Gasteiger partial charge in [0.1, 0.15) is 0 Å². The summed E-state index contributed by atoms with van der Waals surface area (Å²) in [7, 11) is -4.15. The van der Waals surface area contributed by atoms with Crippen molar-refractivity contribution in [2.75, 3.05) is 10.8 Å². The van der Waals surface area contributed by atoms with Crippen molar-refractivity contribution in [1.29, 1.82) is 0 Å². The number of hydrogen-bond acceptors (Lipinski definition) is 3. The number of alkyl halides is 3. The topological polar surface area (TPSA) is 80.5 Å². The lowest BCUT2D eigenvalue weighted by Crippen LogP contribution is -2.34. The molecule has 0 bridgehead atoms. The van der Waals surface area contributed by atoms with Crippen molar-refractivity contribution in [1.82, 2.24) is 0 Å². The monoisotopic (exact) mass is 372 g/mol. The molecule has 2 rings (SSSR count). The maximum atomic E-state index is 12.8. The maximum absolute atomic E-state index is 12.8. The zero-order valence-electron chi connectivity index (χ0n) is 12.9. The molecule has 0 fully saturated rings. The van der Waals surface area contributed by atoms with Crippen LogP contribution in [0.15, 0.2) is 59.5 Å². The summed E-state index contributed by atoms with van der Waals surface area (Å²) in [4.78, 5) is 10.7. The largest absolute Gasteiger partial charge is 0.416 e. The first-order valence-corrected chi connectivity index (χ1v) is 8.60. The van der Waals surface area contributed by atoms with Crippen molar-refractivity contribution in [3.63, 3.8) is 0 Å². The molecule has 0 aromatic heterocycles. The number of rotatable bonds is 6. The number of hydrogen-bond donors (Lipinski definition) is 1. The van der Waals surface area contributed by atoms with Gasteiger partial charge in [0, 0.05) is 13.0 Å². The predicted molar refractivity (Wildman–Crippen MR) is 86.2 cm³/mol. The number of anilines is 1. The minimum absolute atomic E-state index is 0.220. The van der Waals surface area contributed by atoms with Crippen molar-refractivity contribution >= 4 is 21.6 Å². The fraction of sp³-hybridized carbons (Fsp3) is 0.188. The van der Waals surface area contributed by atoms with Gasteiger partial charge in [-0.3, -0.25) is 9.10 Å². The summed E-state index contributed by atoms with van der Waals surface area (Å²) in [5.74, 6) is -0.691. The first-order chi connectivity index (χ1) is 11.6. The number of carbonyl (C=O) groups excluding carboxylic acids is 1. The molecule has 2 aromatic carbocycles. The van der Waals surface area contributed by atoms with Crippen molar-refractivity contribution in [3.8, 4) is 0 Å². The van der Waals surface area contributed by atoms with Crippen LogP contribution >= 0.6 is 0 Å². The van der Waals surface area contributed by atoms with Crippen LogP contribution in [0, 0.1) is 0 Å². The second-order valence-electron chi connectivity index (χ2n) is 5.15. The van der Waals surface area contributed by atoms with E-state index >= 15 is 0 Å². The molecule has 2 aromatic rings. The Morgan fingerprint density at radius 3 is 2.04 bits per heavy atom. The zero-order chi connectivity index (χ0) is 18.7. The summed E-state index contributed by atoms with van der Waals surface area (Å²) in [5, 5.41) is 0. The van der Waals surface area contributed by atoms with E-state index in [1.807, 2.05) is 0 Å². The van der Waals surface area contributed by atoms with E-state index in [0.717, 1.165) is 16.4 Å². The van der Waals surface area contributed by atoms with Gasteiger partial charge in [0.15, 0.2) is 0 Å². The lowest BCUT2D eigenvalue weighted by atomic mass is 10.2. The van der Waals surface area contributed by atoms with Crippen LogP contribution in [-0.4, -0.2) is 20.9 Å². The van der Waals surface area contributed by atoms with Crippen LogP contribution in [0.5, 0.6) is 0 Å². The van der Waals surface area contributed by atoms with Crippen LogP contribution < -0.4 is 10.0 Å². The standard InChI is InChI=1S/C16H15F3N2O3S/c17-16(18,19)12-6-8-14(9-7-12)25(23,24)21(11-10-15(20)22)13-4-2-1-3-5-13/h1-9H,10-11H2,(H2,20,22). The lowest BCUT2D eigenvalue weighted by molar-refractivity contribution is -0.137. The summed E-state index contributed by atoms with van der Waals surface area (Å²) >= 11 is 0. The van der Waals surface area contributed by atoms with E-state index in [9.17, 15) is 26.4 Å². The maximum Gasteiger partial charge on any atom is 0.416 e. The molecule has 0 unspecified atom stereocenters. The van der Waals surface area contributed by atoms with E-state index in [-0.39, 0.29) is 23.5 Å². The molecule has 9 heteroatoms. The first kappa shape index (κ1) is 18.8. The highest BCUT2D eigenvalue weighted by Crippen LogP contribution is 2.31. The smallest absolute Gasteiger partial charge is 0.370 e. The number of nitrogens with two attached hydrogens (primary N) is 1. The molecule has 0 aliphatic carbocycles. The first-order valence-electron chi connectivity index (χ1n) is 7.16. The van der Waals surface area contributed by atoms with Gasteiger partial charge in [-0.15, -0.1) is 0 Å². The Labute approximate surface area is 142 Å². The Hall–Kier alpha value is -2.55. The van der Waals surface area contributed by atoms with Gasteiger partial charge in [0.2, 0.25) is 5.91 Å². The molecule has 25 heavy (non-hydrogen) atoms. The minimum atomic E-state index is -4.56. The SMILES string of the molecule is NC(=O)CCN(c1ccccc1)S(=O)(=O)c1ccc(C(F)(F)F)cc1. The van der Waals surface area contributed by atoms with Gasteiger partial charge in [0.25, 0.3) is 10.0 Å². The molecule has 2 N–H and O–H groups in total. The van der Waals surface area contributed by atoms with E-state index in [1.54, 1.807) is 18.2 Å². The number of carbonyl (C=O) groups is 1. The highest BCUT2D eigenvalue weighted by Gasteiger charge is 2.31. The van der Waals surface area contributed by atoms with Crippen LogP contribution in [0.4, 0.5) is 18.9 Å². The second kappa shape index (κ2) is 7.14. The third kappa shape index (κ3) is 4.50. The van der Waals surface area contributed by atoms with Crippen LogP contribution in [0.25, 0.3) is 0 Å². The summed E-state index contributed by atoms with van der Waals surface area (Å²) in [6, 6.07) is 11.1. The average Bonchev–Trinajstić information content (AvgIpc) is 2.55. The number of amides is 1. The van der Waals surface area contributed by atoms with E-state index in [4.69, 9.17) is 5.73 Å². The summed E-state index contributed by atoms with van der Waals surface area (Å²) in [6.45, 7) is -0.220.